The van der Waals surface area contributed by atoms with Gasteiger partial charge in [-0.2, -0.15) is 0 Å². The van der Waals surface area contributed by atoms with E-state index in [2.05, 4.69) is 0 Å². The first kappa shape index (κ1) is 14.9. The van der Waals surface area contributed by atoms with Gasteiger partial charge in [-0.15, -0.1) is 0 Å². The highest BCUT2D eigenvalue weighted by Gasteiger charge is 2.28. The standard InChI is InChI=1S/C15H20F2N2O/c1-2-10-9-19(7-6-13(10)18)14(20)8-11-4-3-5-12(16)15(11)17/h3-5,10,13H,2,6-9,18H2,1H3. The Morgan fingerprint density at radius 2 is 2.20 bits per heavy atom. The summed E-state index contributed by atoms with van der Waals surface area (Å²) in [5, 5.41) is 0. The molecule has 2 rings (SSSR count). The van der Waals surface area contributed by atoms with E-state index in [1.807, 2.05) is 6.92 Å². The highest BCUT2D eigenvalue weighted by Crippen LogP contribution is 2.20. The van der Waals surface area contributed by atoms with Gasteiger partial charge in [0.1, 0.15) is 0 Å². The molecule has 1 aliphatic rings. The molecule has 1 saturated heterocycles. The van der Waals surface area contributed by atoms with Crippen molar-refractivity contribution < 1.29 is 13.6 Å². The Kier molecular flexibility index (Phi) is 4.70. The van der Waals surface area contributed by atoms with Crippen molar-refractivity contribution in [1.29, 1.82) is 0 Å². The number of nitrogens with zero attached hydrogens (tertiary/aromatic N) is 1. The second kappa shape index (κ2) is 6.31. The maximum atomic E-state index is 13.6. The van der Waals surface area contributed by atoms with E-state index in [1.54, 1.807) is 4.90 Å². The molecule has 0 saturated carbocycles. The van der Waals surface area contributed by atoms with Crippen LogP contribution >= 0.6 is 0 Å². The average molecular weight is 282 g/mol. The van der Waals surface area contributed by atoms with Gasteiger partial charge >= 0.3 is 0 Å². The molecule has 0 bridgehead atoms. The lowest BCUT2D eigenvalue weighted by Gasteiger charge is -2.36. The Bertz CT molecular complexity index is 493. The van der Waals surface area contributed by atoms with Crippen LogP contribution in [0.3, 0.4) is 0 Å². The van der Waals surface area contributed by atoms with Crippen LogP contribution in [-0.4, -0.2) is 29.9 Å². The fourth-order valence-electron chi connectivity index (χ4n) is 2.67. The summed E-state index contributed by atoms with van der Waals surface area (Å²) in [4.78, 5) is 13.9. The number of carbonyl (C=O) groups is 1. The number of hydrogen-bond acceptors (Lipinski definition) is 2. The number of halogens is 2. The van der Waals surface area contributed by atoms with E-state index in [0.29, 0.717) is 13.1 Å². The van der Waals surface area contributed by atoms with Crippen LogP contribution in [0.1, 0.15) is 25.3 Å². The van der Waals surface area contributed by atoms with Crippen molar-refractivity contribution in [2.75, 3.05) is 13.1 Å². The largest absolute Gasteiger partial charge is 0.342 e. The number of benzene rings is 1. The zero-order valence-corrected chi connectivity index (χ0v) is 11.6. The summed E-state index contributed by atoms with van der Waals surface area (Å²) in [6.45, 7) is 3.24. The maximum Gasteiger partial charge on any atom is 0.227 e. The minimum atomic E-state index is -0.929. The van der Waals surface area contributed by atoms with Crippen molar-refractivity contribution in [1.82, 2.24) is 4.90 Å². The lowest BCUT2D eigenvalue weighted by atomic mass is 9.90. The van der Waals surface area contributed by atoms with Gasteiger partial charge in [0.05, 0.1) is 6.42 Å². The molecule has 2 atom stereocenters. The molecule has 3 nitrogen and oxygen atoms in total. The van der Waals surface area contributed by atoms with Crippen LogP contribution in [0.25, 0.3) is 0 Å². The lowest BCUT2D eigenvalue weighted by Crippen LogP contribution is -2.49. The normalized spacial score (nSPS) is 22.9. The molecule has 1 heterocycles. The van der Waals surface area contributed by atoms with Crippen molar-refractivity contribution in [2.45, 2.75) is 32.2 Å². The first-order chi connectivity index (χ1) is 9.52. The van der Waals surface area contributed by atoms with Crippen LogP contribution in [0.4, 0.5) is 8.78 Å². The quantitative estimate of drug-likeness (QED) is 0.922. The van der Waals surface area contributed by atoms with Gasteiger partial charge in [0, 0.05) is 24.7 Å². The fraction of sp³-hybridized carbons (Fsp3) is 0.533. The van der Waals surface area contributed by atoms with Crippen LogP contribution in [0.2, 0.25) is 0 Å². The number of nitrogens with two attached hydrogens (primary N) is 1. The van der Waals surface area contributed by atoms with E-state index in [0.717, 1.165) is 18.9 Å². The number of hydrogen-bond donors (Lipinski definition) is 1. The number of piperidine rings is 1. The van der Waals surface area contributed by atoms with E-state index < -0.39 is 11.6 Å². The third-order valence-electron chi connectivity index (χ3n) is 4.04. The Labute approximate surface area is 117 Å². The summed E-state index contributed by atoms with van der Waals surface area (Å²) >= 11 is 0. The van der Waals surface area contributed by atoms with Crippen LogP contribution in [0.15, 0.2) is 18.2 Å². The molecule has 0 aromatic heterocycles. The van der Waals surface area contributed by atoms with Gasteiger partial charge in [0.25, 0.3) is 0 Å². The first-order valence-corrected chi connectivity index (χ1v) is 6.99. The van der Waals surface area contributed by atoms with E-state index in [4.69, 9.17) is 5.73 Å². The SMILES string of the molecule is CCC1CN(C(=O)Cc2cccc(F)c2F)CCC1N. The molecule has 1 aliphatic heterocycles. The molecule has 1 fully saturated rings. The molecule has 1 aromatic carbocycles. The topological polar surface area (TPSA) is 46.3 Å². The summed E-state index contributed by atoms with van der Waals surface area (Å²) < 4.78 is 26.7. The van der Waals surface area contributed by atoms with Crippen molar-refractivity contribution in [3.8, 4) is 0 Å². The van der Waals surface area contributed by atoms with E-state index in [1.165, 1.54) is 12.1 Å². The minimum absolute atomic E-state index is 0.102. The van der Waals surface area contributed by atoms with E-state index in [-0.39, 0.29) is 29.9 Å². The molecule has 2 unspecified atom stereocenters. The molecule has 1 amide bonds. The van der Waals surface area contributed by atoms with Gasteiger partial charge in [-0.25, -0.2) is 8.78 Å². The minimum Gasteiger partial charge on any atom is -0.342 e. The van der Waals surface area contributed by atoms with Gasteiger partial charge in [-0.05, 0) is 18.4 Å². The van der Waals surface area contributed by atoms with Crippen molar-refractivity contribution >= 4 is 5.91 Å². The molecule has 0 radical (unpaired) electrons. The monoisotopic (exact) mass is 282 g/mol. The van der Waals surface area contributed by atoms with Gasteiger partial charge < -0.3 is 10.6 Å². The van der Waals surface area contributed by atoms with Crippen molar-refractivity contribution in [3.05, 3.63) is 35.4 Å². The second-order valence-corrected chi connectivity index (χ2v) is 5.35. The highest BCUT2D eigenvalue weighted by atomic mass is 19.2. The molecule has 1 aromatic rings. The first-order valence-electron chi connectivity index (χ1n) is 6.99. The molecular weight excluding hydrogens is 262 g/mol. The maximum absolute atomic E-state index is 13.6. The van der Waals surface area contributed by atoms with Gasteiger partial charge in [0.15, 0.2) is 11.6 Å². The Morgan fingerprint density at radius 1 is 1.45 bits per heavy atom. The Balaban J connectivity index is 2.03. The third kappa shape index (κ3) is 3.15. The molecule has 0 aliphatic carbocycles. The number of likely N-dealkylation sites (tertiary alicyclic amines) is 1. The van der Waals surface area contributed by atoms with E-state index >= 15 is 0 Å². The molecule has 20 heavy (non-hydrogen) atoms. The average Bonchev–Trinajstić information content (AvgIpc) is 2.44. The molecule has 110 valence electrons. The predicted molar refractivity (Wildman–Crippen MR) is 73.0 cm³/mol. The summed E-state index contributed by atoms with van der Waals surface area (Å²) in [6, 6.07) is 4.04. The lowest BCUT2D eigenvalue weighted by molar-refractivity contribution is -0.132. The number of rotatable bonds is 3. The highest BCUT2D eigenvalue weighted by molar-refractivity contribution is 5.79. The van der Waals surface area contributed by atoms with Crippen molar-refractivity contribution in [3.63, 3.8) is 0 Å². The molecule has 2 N–H and O–H groups in total. The predicted octanol–water partition coefficient (Wildman–Crippen LogP) is 2.09. The zero-order valence-electron chi connectivity index (χ0n) is 11.6. The van der Waals surface area contributed by atoms with Crippen LogP contribution in [0.5, 0.6) is 0 Å². The second-order valence-electron chi connectivity index (χ2n) is 5.35. The zero-order chi connectivity index (χ0) is 14.7. The summed E-state index contributed by atoms with van der Waals surface area (Å²) in [6.07, 6.45) is 1.57. The summed E-state index contributed by atoms with van der Waals surface area (Å²) in [7, 11) is 0. The van der Waals surface area contributed by atoms with Crippen molar-refractivity contribution in [2.24, 2.45) is 11.7 Å². The summed E-state index contributed by atoms with van der Waals surface area (Å²) in [5.41, 5.74) is 6.11. The van der Waals surface area contributed by atoms with Crippen LogP contribution < -0.4 is 5.73 Å². The molecule has 5 heteroatoms. The smallest absolute Gasteiger partial charge is 0.227 e. The molecule has 0 spiro atoms. The van der Waals surface area contributed by atoms with E-state index in [9.17, 15) is 13.6 Å². The summed E-state index contributed by atoms with van der Waals surface area (Å²) in [5.74, 6) is -1.73. The van der Waals surface area contributed by atoms with Crippen LogP contribution in [0, 0.1) is 17.6 Å². The number of carbonyl (C=O) groups excluding carboxylic acids is 1. The third-order valence-corrected chi connectivity index (χ3v) is 4.04. The van der Waals surface area contributed by atoms with Gasteiger partial charge in [-0.3, -0.25) is 4.79 Å². The van der Waals surface area contributed by atoms with Gasteiger partial charge in [0.2, 0.25) is 5.91 Å². The fourth-order valence-corrected chi connectivity index (χ4v) is 2.67. The molecular formula is C15H20F2N2O. The van der Waals surface area contributed by atoms with Gasteiger partial charge in [-0.1, -0.05) is 25.5 Å². The Hall–Kier alpha value is -1.49. The number of amides is 1. The van der Waals surface area contributed by atoms with Crippen LogP contribution in [-0.2, 0) is 11.2 Å². The Morgan fingerprint density at radius 3 is 2.90 bits per heavy atom.